The number of ether oxygens (including phenoxy) is 1. The lowest BCUT2D eigenvalue weighted by Gasteiger charge is -2.11. The minimum Gasteiger partial charge on any atom is -0.492 e. The molecule has 2 rings (SSSR count). The monoisotopic (exact) mass is 290 g/mol. The Hall–Kier alpha value is -0.970. The van der Waals surface area contributed by atoms with Crippen molar-refractivity contribution in [3.63, 3.8) is 0 Å². The molecule has 1 aliphatic carbocycles. The molecule has 1 amide bonds. The third kappa shape index (κ3) is 3.28. The second kappa shape index (κ2) is 5.78. The fourth-order valence-electron chi connectivity index (χ4n) is 1.47. The van der Waals surface area contributed by atoms with Gasteiger partial charge in [-0.3, -0.25) is 4.79 Å². The van der Waals surface area contributed by atoms with Crippen molar-refractivity contribution in [3.05, 3.63) is 23.2 Å². The molecule has 3 N–H and O–H groups in total. The van der Waals surface area contributed by atoms with Crippen LogP contribution < -0.4 is 15.8 Å². The maximum absolute atomic E-state index is 11.7. The van der Waals surface area contributed by atoms with Crippen molar-refractivity contribution in [1.82, 2.24) is 0 Å². The maximum Gasteiger partial charge on any atom is 0.244 e. The van der Waals surface area contributed by atoms with Gasteiger partial charge in [0.25, 0.3) is 0 Å². The number of benzene rings is 1. The molecule has 1 saturated carbocycles. The SMILES string of the molecule is CCOc1ccc(NC(=O)C2(N)CC2)cc1Cl.Cl. The van der Waals surface area contributed by atoms with Crippen LogP contribution in [0.25, 0.3) is 0 Å². The molecule has 1 fully saturated rings. The molecule has 0 aromatic heterocycles. The van der Waals surface area contributed by atoms with E-state index < -0.39 is 5.54 Å². The van der Waals surface area contributed by atoms with Crippen molar-refractivity contribution in [2.45, 2.75) is 25.3 Å². The molecule has 0 spiro atoms. The lowest BCUT2D eigenvalue weighted by molar-refractivity contribution is -0.118. The highest BCUT2D eigenvalue weighted by atomic mass is 35.5. The van der Waals surface area contributed by atoms with Gasteiger partial charge in [-0.15, -0.1) is 12.4 Å². The maximum atomic E-state index is 11.7. The van der Waals surface area contributed by atoms with Crippen LogP contribution >= 0.6 is 24.0 Å². The number of carbonyl (C=O) groups excluding carboxylic acids is 1. The molecule has 0 radical (unpaired) electrons. The standard InChI is InChI=1S/C12H15ClN2O2.ClH/c1-2-17-10-4-3-8(7-9(10)13)15-11(16)12(14)5-6-12;/h3-4,7H,2,5-6,14H2,1H3,(H,15,16);1H. The van der Waals surface area contributed by atoms with Gasteiger partial charge in [0.1, 0.15) is 5.75 Å². The summed E-state index contributed by atoms with van der Waals surface area (Å²) in [6.45, 7) is 2.44. The van der Waals surface area contributed by atoms with E-state index in [1.807, 2.05) is 6.92 Å². The summed E-state index contributed by atoms with van der Waals surface area (Å²) >= 11 is 6.01. The Morgan fingerprint density at radius 3 is 2.72 bits per heavy atom. The van der Waals surface area contributed by atoms with Crippen LogP contribution in [0.1, 0.15) is 19.8 Å². The van der Waals surface area contributed by atoms with Crippen molar-refractivity contribution < 1.29 is 9.53 Å². The lowest BCUT2D eigenvalue weighted by atomic mass is 10.2. The van der Waals surface area contributed by atoms with E-state index in [0.29, 0.717) is 23.1 Å². The number of rotatable bonds is 4. The summed E-state index contributed by atoms with van der Waals surface area (Å²) in [4.78, 5) is 11.7. The Morgan fingerprint density at radius 2 is 2.22 bits per heavy atom. The predicted octanol–water partition coefficient (Wildman–Crippen LogP) is 2.59. The van der Waals surface area contributed by atoms with Gasteiger partial charge in [-0.05, 0) is 38.0 Å². The molecule has 1 aromatic carbocycles. The molecule has 100 valence electrons. The predicted molar refractivity (Wildman–Crippen MR) is 74.7 cm³/mol. The average Bonchev–Trinajstić information content (AvgIpc) is 3.02. The van der Waals surface area contributed by atoms with Gasteiger partial charge in [0.05, 0.1) is 17.2 Å². The van der Waals surface area contributed by atoms with Crippen LogP contribution in [0.15, 0.2) is 18.2 Å². The third-order valence-electron chi connectivity index (χ3n) is 2.73. The normalized spacial score (nSPS) is 15.5. The van der Waals surface area contributed by atoms with E-state index in [9.17, 15) is 4.79 Å². The number of hydrogen-bond acceptors (Lipinski definition) is 3. The van der Waals surface area contributed by atoms with Gasteiger partial charge in [-0.1, -0.05) is 11.6 Å². The Kier molecular flexibility index (Phi) is 4.85. The second-order valence-corrected chi connectivity index (χ2v) is 4.60. The Labute approximate surface area is 117 Å². The van der Waals surface area contributed by atoms with Gasteiger partial charge >= 0.3 is 0 Å². The van der Waals surface area contributed by atoms with E-state index >= 15 is 0 Å². The summed E-state index contributed by atoms with van der Waals surface area (Å²) in [7, 11) is 0. The molecule has 0 heterocycles. The van der Waals surface area contributed by atoms with Crippen molar-refractivity contribution >= 4 is 35.6 Å². The summed E-state index contributed by atoms with van der Waals surface area (Å²) in [6, 6.07) is 5.15. The molecular formula is C12H16Cl2N2O2. The van der Waals surface area contributed by atoms with Gasteiger partial charge < -0.3 is 15.8 Å². The second-order valence-electron chi connectivity index (χ2n) is 4.19. The number of amides is 1. The van der Waals surface area contributed by atoms with Crippen LogP contribution in [-0.2, 0) is 4.79 Å². The molecule has 0 atom stereocenters. The Balaban J connectivity index is 0.00000162. The first kappa shape index (κ1) is 15.1. The zero-order valence-electron chi connectivity index (χ0n) is 10.0. The zero-order valence-corrected chi connectivity index (χ0v) is 11.6. The average molecular weight is 291 g/mol. The first-order valence-corrected chi connectivity index (χ1v) is 5.95. The number of nitrogens with one attached hydrogen (secondary N) is 1. The van der Waals surface area contributed by atoms with Crippen molar-refractivity contribution in [1.29, 1.82) is 0 Å². The molecule has 1 aliphatic rings. The van der Waals surface area contributed by atoms with Gasteiger partial charge in [0.2, 0.25) is 5.91 Å². The van der Waals surface area contributed by atoms with Gasteiger partial charge in [0.15, 0.2) is 0 Å². The van der Waals surface area contributed by atoms with E-state index in [1.54, 1.807) is 18.2 Å². The van der Waals surface area contributed by atoms with Crippen LogP contribution in [0, 0.1) is 0 Å². The molecule has 0 bridgehead atoms. The topological polar surface area (TPSA) is 64.3 Å². The van der Waals surface area contributed by atoms with E-state index in [4.69, 9.17) is 22.1 Å². The molecule has 6 heteroatoms. The highest BCUT2D eigenvalue weighted by Crippen LogP contribution is 2.34. The third-order valence-corrected chi connectivity index (χ3v) is 3.03. The molecule has 0 saturated heterocycles. The highest BCUT2D eigenvalue weighted by Gasteiger charge is 2.45. The summed E-state index contributed by atoms with van der Waals surface area (Å²) < 4.78 is 5.31. The summed E-state index contributed by atoms with van der Waals surface area (Å²) in [5, 5.41) is 3.23. The van der Waals surface area contributed by atoms with Crippen LogP contribution in [0.5, 0.6) is 5.75 Å². The summed E-state index contributed by atoms with van der Waals surface area (Å²) in [6.07, 6.45) is 1.48. The number of halogens is 2. The van der Waals surface area contributed by atoms with E-state index in [2.05, 4.69) is 5.32 Å². The molecule has 0 unspecified atom stereocenters. The van der Waals surface area contributed by atoms with Crippen LogP contribution in [-0.4, -0.2) is 18.1 Å². The Bertz CT molecular complexity index is 448. The summed E-state index contributed by atoms with van der Waals surface area (Å²) in [5.74, 6) is 0.457. The van der Waals surface area contributed by atoms with Crippen LogP contribution in [0.3, 0.4) is 0 Å². The minimum atomic E-state index is -0.676. The number of anilines is 1. The fraction of sp³-hybridized carbons (Fsp3) is 0.417. The van der Waals surface area contributed by atoms with E-state index in [-0.39, 0.29) is 18.3 Å². The lowest BCUT2D eigenvalue weighted by Crippen LogP contribution is -2.37. The minimum absolute atomic E-state index is 0. The first-order chi connectivity index (χ1) is 8.05. The Morgan fingerprint density at radius 1 is 1.56 bits per heavy atom. The molecular weight excluding hydrogens is 275 g/mol. The highest BCUT2D eigenvalue weighted by molar-refractivity contribution is 6.32. The number of nitrogens with two attached hydrogens (primary N) is 1. The molecule has 0 aliphatic heterocycles. The molecule has 4 nitrogen and oxygen atoms in total. The van der Waals surface area contributed by atoms with E-state index in [1.165, 1.54) is 0 Å². The molecule has 18 heavy (non-hydrogen) atoms. The van der Waals surface area contributed by atoms with Crippen LogP contribution in [0.4, 0.5) is 5.69 Å². The van der Waals surface area contributed by atoms with Gasteiger partial charge in [-0.2, -0.15) is 0 Å². The largest absolute Gasteiger partial charge is 0.492 e. The number of carbonyl (C=O) groups is 1. The van der Waals surface area contributed by atoms with Gasteiger partial charge in [-0.25, -0.2) is 0 Å². The zero-order chi connectivity index (χ0) is 12.5. The fourth-order valence-corrected chi connectivity index (χ4v) is 1.70. The first-order valence-electron chi connectivity index (χ1n) is 5.58. The molecule has 1 aromatic rings. The van der Waals surface area contributed by atoms with Crippen molar-refractivity contribution in [3.8, 4) is 5.75 Å². The van der Waals surface area contributed by atoms with Crippen molar-refractivity contribution in [2.24, 2.45) is 5.73 Å². The quantitative estimate of drug-likeness (QED) is 0.896. The summed E-state index contributed by atoms with van der Waals surface area (Å²) in [5.41, 5.74) is 5.75. The number of hydrogen-bond donors (Lipinski definition) is 2. The smallest absolute Gasteiger partial charge is 0.244 e. The van der Waals surface area contributed by atoms with E-state index in [0.717, 1.165) is 12.8 Å². The van der Waals surface area contributed by atoms with Crippen LogP contribution in [0.2, 0.25) is 5.02 Å². The van der Waals surface area contributed by atoms with Crippen molar-refractivity contribution in [2.75, 3.05) is 11.9 Å². The van der Waals surface area contributed by atoms with Gasteiger partial charge in [0, 0.05) is 5.69 Å².